The van der Waals surface area contributed by atoms with Crippen LogP contribution in [0.2, 0.25) is 0 Å². The Balaban J connectivity index is 0.00000225. The van der Waals surface area contributed by atoms with Crippen LogP contribution in [0.5, 0.6) is 0 Å². The van der Waals surface area contributed by atoms with E-state index in [4.69, 9.17) is 0 Å². The number of halogens is 1. The quantitative estimate of drug-likeness (QED) is 0.582. The van der Waals surface area contributed by atoms with Crippen LogP contribution in [0.3, 0.4) is 0 Å². The average Bonchev–Trinajstić information content (AvgIpc) is 2.58. The molecule has 0 aliphatic rings. The summed E-state index contributed by atoms with van der Waals surface area (Å²) >= 11 is 0. The molecule has 0 atom stereocenters. The number of nitrogens with zero attached hydrogens (tertiary/aromatic N) is 1. The van der Waals surface area contributed by atoms with Crippen molar-refractivity contribution < 1.29 is 21.5 Å². The molecule has 0 amide bonds. The monoisotopic (exact) mass is 395 g/mol. The topological polar surface area (TPSA) is 0 Å². The van der Waals surface area contributed by atoms with Crippen LogP contribution in [0, 0.1) is 6.92 Å². The van der Waals surface area contributed by atoms with Crippen molar-refractivity contribution in [2.75, 3.05) is 20.6 Å². The molecule has 0 aliphatic heterocycles. The van der Waals surface area contributed by atoms with Crippen LogP contribution in [0.25, 0.3) is 16.8 Å². The molecule has 25 heavy (non-hydrogen) atoms. The van der Waals surface area contributed by atoms with Crippen molar-refractivity contribution in [2.24, 2.45) is 0 Å². The zero-order valence-electron chi connectivity index (χ0n) is 15.2. The Morgan fingerprint density at radius 3 is 2.28 bits per heavy atom. The minimum absolute atomic E-state index is 0. The number of aryl methyl sites for hydroxylation is 1. The normalized spacial score (nSPS) is 11.6. The maximum absolute atomic E-state index is 2.30. The van der Waals surface area contributed by atoms with Gasteiger partial charge in [-0.3, -0.25) is 0 Å². The molecule has 0 unspecified atom stereocenters. The zero-order valence-corrected chi connectivity index (χ0v) is 16.8. The maximum Gasteiger partial charge on any atom is 0.105 e. The molecule has 3 aromatic rings. The van der Waals surface area contributed by atoms with Crippen LogP contribution in [0.1, 0.15) is 16.7 Å². The van der Waals surface area contributed by atoms with E-state index < -0.39 is 0 Å². The third kappa shape index (κ3) is 5.04. The number of fused-ring (bicyclic) bond motifs is 1. The van der Waals surface area contributed by atoms with Crippen molar-refractivity contribution in [2.45, 2.75) is 13.5 Å². The van der Waals surface area contributed by atoms with Crippen molar-refractivity contribution in [3.05, 3.63) is 89.5 Å². The van der Waals surface area contributed by atoms with E-state index in [0.717, 1.165) is 17.6 Å². The second-order valence-corrected chi connectivity index (χ2v) is 7.17. The van der Waals surface area contributed by atoms with Gasteiger partial charge in [0.25, 0.3) is 0 Å². The molecule has 0 N–H and O–H groups in total. The van der Waals surface area contributed by atoms with E-state index in [0.29, 0.717) is 0 Å². The summed E-state index contributed by atoms with van der Waals surface area (Å²) in [5, 5.41) is 2.72. The SMILES string of the molecule is Cc1ccc2ccccc2c1C[N+](C)(C)CC=Cc1ccccc1.[Br-]. The van der Waals surface area contributed by atoms with Crippen molar-refractivity contribution >= 4 is 16.8 Å². The summed E-state index contributed by atoms with van der Waals surface area (Å²) in [7, 11) is 4.60. The first-order chi connectivity index (χ1) is 11.6. The van der Waals surface area contributed by atoms with Gasteiger partial charge in [-0.05, 0) is 34.9 Å². The molecule has 0 aromatic heterocycles. The highest BCUT2D eigenvalue weighted by atomic mass is 79.9. The van der Waals surface area contributed by atoms with E-state index >= 15 is 0 Å². The van der Waals surface area contributed by atoms with Gasteiger partial charge in [0.15, 0.2) is 0 Å². The number of rotatable bonds is 5. The van der Waals surface area contributed by atoms with Gasteiger partial charge in [0.2, 0.25) is 0 Å². The molecule has 0 bridgehead atoms. The molecule has 1 nitrogen and oxygen atoms in total. The molecule has 0 saturated heterocycles. The molecular weight excluding hydrogens is 370 g/mol. The van der Waals surface area contributed by atoms with Gasteiger partial charge in [0.1, 0.15) is 6.54 Å². The fourth-order valence-corrected chi connectivity index (χ4v) is 3.19. The number of hydrogen-bond donors (Lipinski definition) is 0. The van der Waals surface area contributed by atoms with E-state index in [1.165, 1.54) is 27.5 Å². The molecule has 2 heteroatoms. The zero-order chi connectivity index (χ0) is 17.0. The van der Waals surface area contributed by atoms with E-state index in [-0.39, 0.29) is 17.0 Å². The summed E-state index contributed by atoms with van der Waals surface area (Å²) in [5.41, 5.74) is 4.11. The third-order valence-electron chi connectivity index (χ3n) is 4.57. The lowest BCUT2D eigenvalue weighted by Crippen LogP contribution is -3.00. The number of benzene rings is 3. The first-order valence-corrected chi connectivity index (χ1v) is 8.56. The van der Waals surface area contributed by atoms with Gasteiger partial charge < -0.3 is 21.5 Å². The highest BCUT2D eigenvalue weighted by Gasteiger charge is 2.17. The van der Waals surface area contributed by atoms with Crippen LogP contribution in [0.4, 0.5) is 0 Å². The number of quaternary nitrogens is 1. The lowest BCUT2D eigenvalue weighted by Gasteiger charge is -2.30. The third-order valence-corrected chi connectivity index (χ3v) is 4.57. The summed E-state index contributed by atoms with van der Waals surface area (Å²) in [4.78, 5) is 0. The minimum atomic E-state index is 0. The van der Waals surface area contributed by atoms with Gasteiger partial charge >= 0.3 is 0 Å². The molecule has 0 fully saturated rings. The largest absolute Gasteiger partial charge is 1.00 e. The van der Waals surface area contributed by atoms with E-state index in [1.807, 2.05) is 0 Å². The fraction of sp³-hybridized carbons (Fsp3) is 0.217. The lowest BCUT2D eigenvalue weighted by atomic mass is 9.99. The first kappa shape index (κ1) is 19.4. The molecule has 0 heterocycles. The Morgan fingerprint density at radius 1 is 0.840 bits per heavy atom. The van der Waals surface area contributed by atoms with Gasteiger partial charge in [-0.25, -0.2) is 0 Å². The van der Waals surface area contributed by atoms with E-state index in [2.05, 4.69) is 99.9 Å². The molecule has 3 aromatic carbocycles. The van der Waals surface area contributed by atoms with E-state index in [1.54, 1.807) is 0 Å². The minimum Gasteiger partial charge on any atom is -1.00 e. The van der Waals surface area contributed by atoms with Crippen molar-refractivity contribution in [1.82, 2.24) is 0 Å². The molecule has 0 saturated carbocycles. The fourth-order valence-electron chi connectivity index (χ4n) is 3.19. The van der Waals surface area contributed by atoms with Crippen molar-refractivity contribution in [1.29, 1.82) is 0 Å². The van der Waals surface area contributed by atoms with Gasteiger partial charge in [0.05, 0.1) is 20.6 Å². The van der Waals surface area contributed by atoms with Crippen molar-refractivity contribution in [3.8, 4) is 0 Å². The standard InChI is InChI=1S/C23H26N.BrH/c1-19-15-16-21-13-7-8-14-22(21)23(19)18-24(2,3)17-9-12-20-10-5-4-6-11-20;/h4-16H,17-18H2,1-3H3;1H/q+1;/p-1. The smallest absolute Gasteiger partial charge is 0.105 e. The highest BCUT2D eigenvalue weighted by Crippen LogP contribution is 2.25. The predicted molar refractivity (Wildman–Crippen MR) is 105 cm³/mol. The molecule has 130 valence electrons. The van der Waals surface area contributed by atoms with Crippen LogP contribution < -0.4 is 17.0 Å². The molecule has 0 radical (unpaired) electrons. The summed E-state index contributed by atoms with van der Waals surface area (Å²) < 4.78 is 0.943. The highest BCUT2D eigenvalue weighted by molar-refractivity contribution is 5.86. The first-order valence-electron chi connectivity index (χ1n) is 8.56. The Hall–Kier alpha value is -1.90. The molecule has 0 spiro atoms. The average molecular weight is 396 g/mol. The molecule has 0 aliphatic carbocycles. The summed E-state index contributed by atoms with van der Waals surface area (Å²) in [6, 6.07) is 23.7. The van der Waals surface area contributed by atoms with Crippen LogP contribution >= 0.6 is 0 Å². The molecule has 3 rings (SSSR count). The van der Waals surface area contributed by atoms with Gasteiger partial charge in [-0.2, -0.15) is 0 Å². The number of likely N-dealkylation sites (N-methyl/N-ethyl adjacent to an activating group) is 1. The Kier molecular flexibility index (Phi) is 6.57. The van der Waals surface area contributed by atoms with Crippen LogP contribution in [-0.2, 0) is 6.54 Å². The van der Waals surface area contributed by atoms with Gasteiger partial charge in [-0.1, -0.05) is 72.8 Å². The van der Waals surface area contributed by atoms with Crippen LogP contribution in [-0.4, -0.2) is 25.1 Å². The lowest BCUT2D eigenvalue weighted by molar-refractivity contribution is -0.897. The maximum atomic E-state index is 2.30. The summed E-state index contributed by atoms with van der Waals surface area (Å²) in [6.45, 7) is 4.27. The van der Waals surface area contributed by atoms with Crippen LogP contribution in [0.15, 0.2) is 72.8 Å². The molecular formula is C23H26BrN. The van der Waals surface area contributed by atoms with Gasteiger partial charge in [-0.15, -0.1) is 0 Å². The predicted octanol–water partition coefficient (Wildman–Crippen LogP) is 2.44. The second-order valence-electron chi connectivity index (χ2n) is 7.17. The Morgan fingerprint density at radius 2 is 1.52 bits per heavy atom. The van der Waals surface area contributed by atoms with Gasteiger partial charge in [0, 0.05) is 5.56 Å². The summed E-state index contributed by atoms with van der Waals surface area (Å²) in [5.74, 6) is 0. The summed E-state index contributed by atoms with van der Waals surface area (Å²) in [6.07, 6.45) is 4.51. The van der Waals surface area contributed by atoms with E-state index in [9.17, 15) is 0 Å². The Labute approximate surface area is 162 Å². The Bertz CT molecular complexity index is 850. The van der Waals surface area contributed by atoms with Crippen molar-refractivity contribution in [3.63, 3.8) is 0 Å². The number of hydrogen-bond acceptors (Lipinski definition) is 0. The second kappa shape index (κ2) is 8.46.